The normalized spacial score (nSPS) is 14.2. The van der Waals surface area contributed by atoms with Crippen LogP contribution in [0.25, 0.3) is 10.2 Å². The molecule has 0 aliphatic carbocycles. The van der Waals surface area contributed by atoms with E-state index in [1.807, 2.05) is 6.07 Å². The van der Waals surface area contributed by atoms with Crippen LogP contribution in [0, 0.1) is 6.92 Å². The van der Waals surface area contributed by atoms with Gasteiger partial charge in [0.05, 0.1) is 16.3 Å². The molecule has 21 heavy (non-hydrogen) atoms. The van der Waals surface area contributed by atoms with Crippen molar-refractivity contribution in [3.8, 4) is 0 Å². The molecule has 2 atom stereocenters. The maximum absolute atomic E-state index is 4.74. The number of aromatic nitrogens is 1. The Labute approximate surface area is 129 Å². The molecule has 0 bridgehead atoms. The molecule has 3 rings (SSSR count). The number of fused-ring (bicyclic) bond motifs is 1. The summed E-state index contributed by atoms with van der Waals surface area (Å²) in [5, 5.41) is 4.81. The van der Waals surface area contributed by atoms with E-state index in [-0.39, 0.29) is 6.04 Å². The zero-order valence-corrected chi connectivity index (χ0v) is 13.4. The van der Waals surface area contributed by atoms with Crippen LogP contribution in [0.4, 0.5) is 0 Å². The molecule has 1 aromatic heterocycles. The second kappa shape index (κ2) is 5.96. The summed E-state index contributed by atoms with van der Waals surface area (Å²) in [7, 11) is 0. The third kappa shape index (κ3) is 2.99. The molecule has 1 heterocycles. The first-order valence-corrected chi connectivity index (χ1v) is 8.14. The average molecular weight is 296 g/mol. The summed E-state index contributed by atoms with van der Waals surface area (Å²) in [6, 6.07) is 17.4. The van der Waals surface area contributed by atoms with Gasteiger partial charge >= 0.3 is 0 Å². The van der Waals surface area contributed by atoms with E-state index in [1.54, 1.807) is 11.3 Å². The third-order valence-electron chi connectivity index (χ3n) is 3.84. The fourth-order valence-corrected chi connectivity index (χ4v) is 3.66. The van der Waals surface area contributed by atoms with Gasteiger partial charge in [-0.1, -0.05) is 36.4 Å². The molecule has 0 aliphatic rings. The lowest BCUT2D eigenvalue weighted by atomic mass is 10.0. The predicted molar refractivity (Wildman–Crippen MR) is 90.8 cm³/mol. The lowest BCUT2D eigenvalue weighted by Gasteiger charge is -2.20. The fourth-order valence-electron chi connectivity index (χ4n) is 2.68. The molecule has 108 valence electrons. The Balaban J connectivity index is 1.79. The SMILES string of the molecule is Cc1ccccc1C(C)NC(C)c1nc2ccccc2s1. The summed E-state index contributed by atoms with van der Waals surface area (Å²) in [6.07, 6.45) is 0. The molecular weight excluding hydrogens is 276 g/mol. The fraction of sp³-hybridized carbons (Fsp3) is 0.278. The van der Waals surface area contributed by atoms with Crippen molar-refractivity contribution in [3.05, 3.63) is 64.7 Å². The average Bonchev–Trinajstić information content (AvgIpc) is 2.91. The highest BCUT2D eigenvalue weighted by Gasteiger charge is 2.15. The highest BCUT2D eigenvalue weighted by atomic mass is 32.1. The maximum Gasteiger partial charge on any atom is 0.111 e. The standard InChI is InChI=1S/C18H20N2S/c1-12-8-4-5-9-15(12)13(2)19-14(3)18-20-16-10-6-7-11-17(16)21-18/h4-11,13-14,19H,1-3H3. The van der Waals surface area contributed by atoms with Gasteiger partial charge in [-0.25, -0.2) is 4.98 Å². The van der Waals surface area contributed by atoms with E-state index in [0.29, 0.717) is 6.04 Å². The van der Waals surface area contributed by atoms with Crippen LogP contribution in [0.3, 0.4) is 0 Å². The zero-order chi connectivity index (χ0) is 14.8. The van der Waals surface area contributed by atoms with Crippen molar-refractivity contribution in [2.75, 3.05) is 0 Å². The van der Waals surface area contributed by atoms with Gasteiger partial charge in [0.25, 0.3) is 0 Å². The van der Waals surface area contributed by atoms with Gasteiger partial charge in [0.1, 0.15) is 5.01 Å². The zero-order valence-electron chi connectivity index (χ0n) is 12.6. The van der Waals surface area contributed by atoms with Crippen LogP contribution < -0.4 is 5.32 Å². The summed E-state index contributed by atoms with van der Waals surface area (Å²) in [6.45, 7) is 6.56. The number of para-hydroxylation sites is 1. The van der Waals surface area contributed by atoms with Gasteiger partial charge in [0.15, 0.2) is 0 Å². The lowest BCUT2D eigenvalue weighted by molar-refractivity contribution is 0.492. The quantitative estimate of drug-likeness (QED) is 0.731. The first-order chi connectivity index (χ1) is 10.1. The van der Waals surface area contributed by atoms with Gasteiger partial charge in [-0.2, -0.15) is 0 Å². The highest BCUT2D eigenvalue weighted by molar-refractivity contribution is 7.18. The maximum atomic E-state index is 4.74. The predicted octanol–water partition coefficient (Wildman–Crippen LogP) is 5.02. The second-order valence-corrected chi connectivity index (χ2v) is 6.55. The molecule has 0 saturated carbocycles. The van der Waals surface area contributed by atoms with E-state index >= 15 is 0 Å². The number of benzene rings is 2. The number of hydrogen-bond acceptors (Lipinski definition) is 3. The largest absolute Gasteiger partial charge is 0.302 e. The van der Waals surface area contributed by atoms with Gasteiger partial charge in [-0.3, -0.25) is 0 Å². The molecule has 0 radical (unpaired) electrons. The Morgan fingerprint density at radius 3 is 2.43 bits per heavy atom. The van der Waals surface area contributed by atoms with Crippen LogP contribution in [0.15, 0.2) is 48.5 Å². The molecule has 2 aromatic carbocycles. The first kappa shape index (κ1) is 14.2. The van der Waals surface area contributed by atoms with Crippen molar-refractivity contribution in [2.45, 2.75) is 32.9 Å². The summed E-state index contributed by atoms with van der Waals surface area (Å²) < 4.78 is 1.25. The van der Waals surface area contributed by atoms with Crippen molar-refractivity contribution in [1.29, 1.82) is 0 Å². The van der Waals surface area contributed by atoms with Gasteiger partial charge in [0.2, 0.25) is 0 Å². The van der Waals surface area contributed by atoms with Crippen LogP contribution in [-0.4, -0.2) is 4.98 Å². The molecule has 2 unspecified atom stereocenters. The number of nitrogens with zero attached hydrogens (tertiary/aromatic N) is 1. The summed E-state index contributed by atoms with van der Waals surface area (Å²) in [5.74, 6) is 0. The van der Waals surface area contributed by atoms with E-state index in [9.17, 15) is 0 Å². The van der Waals surface area contributed by atoms with Gasteiger partial charge in [0, 0.05) is 6.04 Å². The van der Waals surface area contributed by atoms with Crippen LogP contribution >= 0.6 is 11.3 Å². The number of rotatable bonds is 4. The molecule has 0 amide bonds. The molecule has 2 nitrogen and oxygen atoms in total. The van der Waals surface area contributed by atoms with Crippen molar-refractivity contribution >= 4 is 21.6 Å². The molecule has 3 aromatic rings. The Bertz CT molecular complexity index is 715. The minimum atomic E-state index is 0.247. The molecule has 0 saturated heterocycles. The molecule has 0 fully saturated rings. The summed E-state index contributed by atoms with van der Waals surface area (Å²) in [4.78, 5) is 4.74. The van der Waals surface area contributed by atoms with Crippen LogP contribution in [0.5, 0.6) is 0 Å². The minimum absolute atomic E-state index is 0.247. The Hall–Kier alpha value is -1.71. The van der Waals surface area contributed by atoms with E-state index in [1.165, 1.54) is 15.8 Å². The highest BCUT2D eigenvalue weighted by Crippen LogP contribution is 2.28. The Morgan fingerprint density at radius 2 is 1.67 bits per heavy atom. The van der Waals surface area contributed by atoms with E-state index in [2.05, 4.69) is 68.6 Å². The van der Waals surface area contributed by atoms with Gasteiger partial charge in [-0.05, 0) is 44.0 Å². The van der Waals surface area contributed by atoms with Gasteiger partial charge < -0.3 is 5.32 Å². The third-order valence-corrected chi connectivity index (χ3v) is 5.05. The van der Waals surface area contributed by atoms with Crippen LogP contribution in [0.2, 0.25) is 0 Å². The molecule has 1 N–H and O–H groups in total. The van der Waals surface area contributed by atoms with Crippen molar-refractivity contribution < 1.29 is 0 Å². The van der Waals surface area contributed by atoms with Crippen LogP contribution in [0.1, 0.15) is 42.1 Å². The minimum Gasteiger partial charge on any atom is -0.302 e. The number of hydrogen-bond donors (Lipinski definition) is 1. The topological polar surface area (TPSA) is 24.9 Å². The van der Waals surface area contributed by atoms with E-state index < -0.39 is 0 Å². The van der Waals surface area contributed by atoms with Crippen LogP contribution in [-0.2, 0) is 0 Å². The molecule has 0 spiro atoms. The van der Waals surface area contributed by atoms with E-state index in [4.69, 9.17) is 4.98 Å². The van der Waals surface area contributed by atoms with E-state index in [0.717, 1.165) is 10.5 Å². The smallest absolute Gasteiger partial charge is 0.111 e. The molecule has 3 heteroatoms. The van der Waals surface area contributed by atoms with Gasteiger partial charge in [-0.15, -0.1) is 11.3 Å². The number of nitrogens with one attached hydrogen (secondary N) is 1. The van der Waals surface area contributed by atoms with Crippen molar-refractivity contribution in [1.82, 2.24) is 10.3 Å². The number of thiazole rings is 1. The Morgan fingerprint density at radius 1 is 0.952 bits per heavy atom. The van der Waals surface area contributed by atoms with Crippen molar-refractivity contribution in [3.63, 3.8) is 0 Å². The number of aryl methyl sites for hydroxylation is 1. The lowest BCUT2D eigenvalue weighted by Crippen LogP contribution is -2.22. The monoisotopic (exact) mass is 296 g/mol. The first-order valence-electron chi connectivity index (χ1n) is 7.32. The summed E-state index contributed by atoms with van der Waals surface area (Å²) in [5.41, 5.74) is 3.77. The van der Waals surface area contributed by atoms with Crippen molar-refractivity contribution in [2.24, 2.45) is 0 Å². The second-order valence-electron chi connectivity index (χ2n) is 5.49. The molecular formula is C18H20N2S. The molecule has 0 aliphatic heterocycles. The summed E-state index contributed by atoms with van der Waals surface area (Å²) >= 11 is 1.77. The Kier molecular flexibility index (Phi) is 4.04.